The summed E-state index contributed by atoms with van der Waals surface area (Å²) in [7, 11) is 0. The number of pyridine rings is 1. The lowest BCUT2D eigenvalue weighted by molar-refractivity contribution is 0.0166. The van der Waals surface area contributed by atoms with E-state index < -0.39 is 0 Å². The number of nitrogens with one attached hydrogen (secondary N) is 1. The summed E-state index contributed by atoms with van der Waals surface area (Å²) < 4.78 is 11.0. The molecule has 1 unspecified atom stereocenters. The lowest BCUT2D eigenvalue weighted by atomic mass is 10.2. The summed E-state index contributed by atoms with van der Waals surface area (Å²) in [6.07, 6.45) is 6.23. The van der Waals surface area contributed by atoms with E-state index in [0.29, 0.717) is 30.3 Å². The van der Waals surface area contributed by atoms with E-state index in [0.717, 1.165) is 25.9 Å². The van der Waals surface area contributed by atoms with Gasteiger partial charge in [-0.15, -0.1) is 0 Å². The average Bonchev–Trinajstić information content (AvgIpc) is 2.96. The second-order valence-corrected chi connectivity index (χ2v) is 5.08. The maximum absolute atomic E-state index is 11.8. The molecule has 110 valence electrons. The second-order valence-electron chi connectivity index (χ2n) is 4.67. The van der Waals surface area contributed by atoms with Crippen LogP contribution in [0.4, 0.5) is 0 Å². The predicted octanol–water partition coefficient (Wildman–Crippen LogP) is 2.05. The van der Waals surface area contributed by atoms with Gasteiger partial charge in [0.05, 0.1) is 23.3 Å². The van der Waals surface area contributed by atoms with Gasteiger partial charge < -0.3 is 14.8 Å². The summed E-state index contributed by atoms with van der Waals surface area (Å²) in [6.45, 7) is 2.65. The molecule has 1 amide bonds. The van der Waals surface area contributed by atoms with Crippen molar-refractivity contribution < 1.29 is 14.3 Å². The van der Waals surface area contributed by atoms with Crippen LogP contribution in [0.5, 0.6) is 0 Å². The number of amides is 1. The molecule has 1 aromatic heterocycles. The number of halogens is 1. The number of nitrogens with zero attached hydrogens (tertiary/aromatic N) is 1. The molecule has 0 radical (unpaired) electrons. The van der Waals surface area contributed by atoms with E-state index in [1.165, 1.54) is 6.20 Å². The molecule has 0 bridgehead atoms. The Morgan fingerprint density at radius 3 is 3.25 bits per heavy atom. The quantitative estimate of drug-likeness (QED) is 0.783. The maximum Gasteiger partial charge on any atom is 0.254 e. The highest BCUT2D eigenvalue weighted by molar-refractivity contribution is 6.33. The molecule has 1 fully saturated rings. The zero-order valence-electron chi connectivity index (χ0n) is 11.3. The Kier molecular flexibility index (Phi) is 6.24. The highest BCUT2D eigenvalue weighted by Crippen LogP contribution is 2.13. The highest BCUT2D eigenvalue weighted by atomic mass is 35.5. The van der Waals surface area contributed by atoms with Crippen LogP contribution in [0, 0.1) is 0 Å². The van der Waals surface area contributed by atoms with Crippen molar-refractivity contribution in [3.8, 4) is 0 Å². The first-order valence-corrected chi connectivity index (χ1v) is 7.22. The molecule has 0 aromatic carbocycles. The highest BCUT2D eigenvalue weighted by Gasteiger charge is 2.15. The zero-order valence-corrected chi connectivity index (χ0v) is 12.1. The van der Waals surface area contributed by atoms with Gasteiger partial charge in [-0.3, -0.25) is 9.78 Å². The minimum Gasteiger partial charge on any atom is -0.379 e. The van der Waals surface area contributed by atoms with Crippen LogP contribution >= 0.6 is 11.6 Å². The Labute approximate surface area is 123 Å². The van der Waals surface area contributed by atoms with Gasteiger partial charge in [-0.05, 0) is 25.3 Å². The molecule has 1 N–H and O–H groups in total. The van der Waals surface area contributed by atoms with E-state index in [9.17, 15) is 4.79 Å². The lowest BCUT2D eigenvalue weighted by Gasteiger charge is -2.10. The van der Waals surface area contributed by atoms with Gasteiger partial charge in [0.1, 0.15) is 0 Å². The van der Waals surface area contributed by atoms with Gasteiger partial charge in [0.2, 0.25) is 0 Å². The minimum absolute atomic E-state index is 0.206. The summed E-state index contributed by atoms with van der Waals surface area (Å²) in [5.41, 5.74) is 0.398. The number of hydrogen-bond acceptors (Lipinski definition) is 4. The van der Waals surface area contributed by atoms with Gasteiger partial charge in [-0.2, -0.15) is 0 Å². The molecule has 1 aliphatic heterocycles. The van der Waals surface area contributed by atoms with Crippen molar-refractivity contribution in [2.45, 2.75) is 25.4 Å². The van der Waals surface area contributed by atoms with E-state index in [-0.39, 0.29) is 12.0 Å². The maximum atomic E-state index is 11.8. The van der Waals surface area contributed by atoms with Gasteiger partial charge in [0.25, 0.3) is 5.91 Å². The average molecular weight is 299 g/mol. The van der Waals surface area contributed by atoms with Crippen molar-refractivity contribution in [2.75, 3.05) is 26.4 Å². The molecule has 1 aliphatic rings. The Bertz CT molecular complexity index is 436. The van der Waals surface area contributed by atoms with Crippen molar-refractivity contribution in [3.63, 3.8) is 0 Å². The molecular weight excluding hydrogens is 280 g/mol. The fraction of sp³-hybridized carbons (Fsp3) is 0.571. The SMILES string of the molecule is O=C(NCCCOCC1CCCO1)c1cnccc1Cl. The molecule has 20 heavy (non-hydrogen) atoms. The van der Waals surface area contributed by atoms with E-state index in [2.05, 4.69) is 10.3 Å². The normalized spacial score (nSPS) is 18.1. The van der Waals surface area contributed by atoms with Gasteiger partial charge in [-0.25, -0.2) is 0 Å². The van der Waals surface area contributed by atoms with E-state index in [1.54, 1.807) is 12.3 Å². The molecule has 2 heterocycles. The number of rotatable bonds is 7. The first-order valence-electron chi connectivity index (χ1n) is 6.84. The fourth-order valence-electron chi connectivity index (χ4n) is 2.01. The van der Waals surface area contributed by atoms with Gasteiger partial charge in [0, 0.05) is 32.2 Å². The third-order valence-electron chi connectivity index (χ3n) is 3.09. The summed E-state index contributed by atoms with van der Waals surface area (Å²) in [5.74, 6) is -0.206. The first-order chi connectivity index (χ1) is 9.77. The number of aromatic nitrogens is 1. The molecule has 6 heteroatoms. The fourth-order valence-corrected chi connectivity index (χ4v) is 2.20. The third kappa shape index (κ3) is 4.74. The molecule has 1 aromatic rings. The lowest BCUT2D eigenvalue weighted by Crippen LogP contribution is -2.26. The first kappa shape index (κ1) is 15.2. The molecule has 0 spiro atoms. The Balaban J connectivity index is 1.56. The summed E-state index contributed by atoms with van der Waals surface area (Å²) in [6, 6.07) is 1.60. The van der Waals surface area contributed by atoms with Gasteiger partial charge in [-0.1, -0.05) is 11.6 Å². The number of hydrogen-bond donors (Lipinski definition) is 1. The number of ether oxygens (including phenoxy) is 2. The van der Waals surface area contributed by atoms with Crippen molar-refractivity contribution in [2.24, 2.45) is 0 Å². The predicted molar refractivity (Wildman–Crippen MR) is 76.0 cm³/mol. The topological polar surface area (TPSA) is 60.5 Å². The monoisotopic (exact) mass is 298 g/mol. The van der Waals surface area contributed by atoms with Crippen LogP contribution < -0.4 is 5.32 Å². The molecule has 0 saturated carbocycles. The van der Waals surface area contributed by atoms with Crippen LogP contribution in [-0.4, -0.2) is 43.4 Å². The Hall–Kier alpha value is -1.17. The van der Waals surface area contributed by atoms with Crippen molar-refractivity contribution in [1.82, 2.24) is 10.3 Å². The van der Waals surface area contributed by atoms with Crippen LogP contribution in [0.3, 0.4) is 0 Å². The van der Waals surface area contributed by atoms with Crippen LogP contribution in [-0.2, 0) is 9.47 Å². The molecule has 2 rings (SSSR count). The van der Waals surface area contributed by atoms with Gasteiger partial charge in [0.15, 0.2) is 0 Å². The van der Waals surface area contributed by atoms with Crippen LogP contribution in [0.1, 0.15) is 29.6 Å². The Morgan fingerprint density at radius 1 is 1.60 bits per heavy atom. The number of carbonyl (C=O) groups excluding carboxylic acids is 1. The summed E-state index contributed by atoms with van der Waals surface area (Å²) in [4.78, 5) is 15.7. The third-order valence-corrected chi connectivity index (χ3v) is 3.42. The second kappa shape index (κ2) is 8.19. The molecule has 0 aliphatic carbocycles. The van der Waals surface area contributed by atoms with E-state index >= 15 is 0 Å². The Morgan fingerprint density at radius 2 is 2.50 bits per heavy atom. The summed E-state index contributed by atoms with van der Waals surface area (Å²) in [5, 5.41) is 3.20. The molecule has 1 saturated heterocycles. The largest absolute Gasteiger partial charge is 0.379 e. The number of carbonyl (C=O) groups is 1. The van der Waals surface area contributed by atoms with E-state index in [1.807, 2.05) is 0 Å². The van der Waals surface area contributed by atoms with Crippen molar-refractivity contribution in [1.29, 1.82) is 0 Å². The van der Waals surface area contributed by atoms with Crippen molar-refractivity contribution >= 4 is 17.5 Å². The van der Waals surface area contributed by atoms with Crippen molar-refractivity contribution in [3.05, 3.63) is 29.0 Å². The van der Waals surface area contributed by atoms with Crippen LogP contribution in [0.2, 0.25) is 5.02 Å². The molecule has 1 atom stereocenters. The molecular formula is C14H19ClN2O3. The standard InChI is InChI=1S/C14H19ClN2O3/c15-13-4-6-16-9-12(13)14(18)17-5-2-7-19-10-11-3-1-8-20-11/h4,6,9,11H,1-3,5,7-8,10H2,(H,17,18). The summed E-state index contributed by atoms with van der Waals surface area (Å²) >= 11 is 5.91. The smallest absolute Gasteiger partial charge is 0.254 e. The van der Waals surface area contributed by atoms with Crippen LogP contribution in [0.25, 0.3) is 0 Å². The van der Waals surface area contributed by atoms with E-state index in [4.69, 9.17) is 21.1 Å². The minimum atomic E-state index is -0.206. The molecule has 5 nitrogen and oxygen atoms in total. The van der Waals surface area contributed by atoms with Gasteiger partial charge >= 0.3 is 0 Å². The zero-order chi connectivity index (χ0) is 14.2. The van der Waals surface area contributed by atoms with Crippen LogP contribution in [0.15, 0.2) is 18.5 Å².